The molecule has 11 nitrogen and oxygen atoms in total. The lowest BCUT2D eigenvalue weighted by atomic mass is 9.90. The zero-order valence-electron chi connectivity index (χ0n) is 23.7. The van der Waals surface area contributed by atoms with Crippen LogP contribution in [0, 0.1) is 5.41 Å². The highest BCUT2D eigenvalue weighted by molar-refractivity contribution is 5.77. The molecule has 214 valence electrons. The maximum atomic E-state index is 12.6. The fourth-order valence-corrected chi connectivity index (χ4v) is 2.73. The van der Waals surface area contributed by atoms with Crippen LogP contribution in [0.1, 0.15) is 74.3 Å². The molecule has 1 rings (SSSR count). The molecule has 11 heteroatoms. The van der Waals surface area contributed by atoms with Gasteiger partial charge in [-0.2, -0.15) is 0 Å². The predicted octanol–water partition coefficient (Wildman–Crippen LogP) is 4.70. The largest absolute Gasteiger partial charge is 0.514 e. The Hall–Kier alpha value is -3.34. The summed E-state index contributed by atoms with van der Waals surface area (Å²) in [5.41, 5.74) is 5.89. The van der Waals surface area contributed by atoms with Gasteiger partial charge in [-0.25, -0.2) is 9.59 Å². The van der Waals surface area contributed by atoms with Crippen molar-refractivity contribution in [2.24, 2.45) is 11.1 Å². The number of nitrogens with two attached hydrogens (primary N) is 1. The summed E-state index contributed by atoms with van der Waals surface area (Å²) >= 11 is 0. The molecule has 0 fully saturated rings. The Morgan fingerprint density at radius 3 is 1.79 bits per heavy atom. The number of benzene rings is 1. The predicted molar refractivity (Wildman–Crippen MR) is 138 cm³/mol. The Kier molecular flexibility index (Phi) is 12.5. The third-order valence-corrected chi connectivity index (χ3v) is 5.51. The molecular weight excluding hydrogens is 498 g/mol. The molecule has 0 amide bonds. The van der Waals surface area contributed by atoms with Crippen molar-refractivity contribution in [3.8, 4) is 11.5 Å². The zero-order chi connectivity index (χ0) is 29.2. The first-order chi connectivity index (χ1) is 17.5. The number of rotatable bonds is 12. The smallest absolute Gasteiger partial charge is 0.458 e. The van der Waals surface area contributed by atoms with Crippen LogP contribution in [0.15, 0.2) is 18.2 Å². The maximum absolute atomic E-state index is 12.6. The van der Waals surface area contributed by atoms with Gasteiger partial charge in [-0.05, 0) is 85.9 Å². The Morgan fingerprint density at radius 1 is 0.789 bits per heavy atom. The normalized spacial score (nSPS) is 13.8. The van der Waals surface area contributed by atoms with E-state index >= 15 is 0 Å². The van der Waals surface area contributed by atoms with Crippen molar-refractivity contribution in [1.29, 1.82) is 0 Å². The fraction of sp³-hybridized carbons (Fsp3) is 0.630. The van der Waals surface area contributed by atoms with E-state index in [0.717, 1.165) is 0 Å². The standard InChI is InChI=1S/C27H41NO10/c1-10-27(8,9)24(30)36-18(7)17(6)35-23(29)20(28)13-19-11-12-21(37-25(31)33-15(2)3)22(14-19)38-26(32)34-16(4)5/h11-12,14-18,20H,10,13,28H2,1-9H3/t17-,18-,20-/m0/s1. The number of ether oxygens (including phenoxy) is 6. The second kappa shape index (κ2) is 14.6. The minimum Gasteiger partial charge on any atom is -0.458 e. The molecule has 2 N–H and O–H groups in total. The zero-order valence-corrected chi connectivity index (χ0v) is 23.7. The molecule has 0 aromatic heterocycles. The lowest BCUT2D eigenvalue weighted by molar-refractivity contribution is -0.172. The molecule has 1 aromatic rings. The Balaban J connectivity index is 2.94. The van der Waals surface area contributed by atoms with Crippen LogP contribution in [0.2, 0.25) is 0 Å². The van der Waals surface area contributed by atoms with Crippen molar-refractivity contribution in [3.05, 3.63) is 23.8 Å². The summed E-state index contributed by atoms with van der Waals surface area (Å²) in [6, 6.07) is 3.24. The summed E-state index contributed by atoms with van der Waals surface area (Å²) in [5, 5.41) is 0. The summed E-state index contributed by atoms with van der Waals surface area (Å²) in [6.07, 6.45) is -3.67. The third kappa shape index (κ3) is 11.0. The van der Waals surface area contributed by atoms with E-state index in [0.29, 0.717) is 12.0 Å². The third-order valence-electron chi connectivity index (χ3n) is 5.51. The molecule has 0 bridgehead atoms. The molecule has 0 saturated carbocycles. The highest BCUT2D eigenvalue weighted by Gasteiger charge is 2.31. The van der Waals surface area contributed by atoms with Crippen molar-refractivity contribution in [1.82, 2.24) is 0 Å². The molecule has 0 aliphatic rings. The summed E-state index contributed by atoms with van der Waals surface area (Å²) in [7, 11) is 0. The van der Waals surface area contributed by atoms with Gasteiger partial charge in [0.15, 0.2) is 11.5 Å². The first kappa shape index (κ1) is 32.7. The van der Waals surface area contributed by atoms with Gasteiger partial charge in [0.25, 0.3) is 0 Å². The first-order valence-corrected chi connectivity index (χ1v) is 12.6. The molecule has 0 aliphatic carbocycles. The van der Waals surface area contributed by atoms with Crippen LogP contribution < -0.4 is 15.2 Å². The van der Waals surface area contributed by atoms with Crippen LogP contribution in [-0.2, 0) is 35.0 Å². The van der Waals surface area contributed by atoms with Crippen LogP contribution in [0.3, 0.4) is 0 Å². The van der Waals surface area contributed by atoms with Gasteiger partial charge in [0.2, 0.25) is 0 Å². The maximum Gasteiger partial charge on any atom is 0.514 e. The van der Waals surface area contributed by atoms with E-state index in [4.69, 9.17) is 34.2 Å². The van der Waals surface area contributed by atoms with Gasteiger partial charge in [-0.15, -0.1) is 0 Å². The highest BCUT2D eigenvalue weighted by atomic mass is 16.7. The number of hydrogen-bond donors (Lipinski definition) is 1. The summed E-state index contributed by atoms with van der Waals surface area (Å²) < 4.78 is 31.2. The van der Waals surface area contributed by atoms with Gasteiger partial charge in [-0.3, -0.25) is 9.59 Å². The van der Waals surface area contributed by atoms with E-state index in [1.807, 2.05) is 6.92 Å². The van der Waals surface area contributed by atoms with E-state index in [-0.39, 0.29) is 23.9 Å². The molecule has 1 aromatic carbocycles. The number of esters is 2. The van der Waals surface area contributed by atoms with E-state index in [1.165, 1.54) is 12.1 Å². The van der Waals surface area contributed by atoms with E-state index in [2.05, 4.69) is 0 Å². The van der Waals surface area contributed by atoms with Crippen LogP contribution in [0.25, 0.3) is 0 Å². The van der Waals surface area contributed by atoms with Crippen molar-refractivity contribution in [3.63, 3.8) is 0 Å². The van der Waals surface area contributed by atoms with Gasteiger partial charge in [0, 0.05) is 0 Å². The quantitative estimate of drug-likeness (QED) is 0.224. The van der Waals surface area contributed by atoms with Crippen molar-refractivity contribution in [2.75, 3.05) is 0 Å². The Morgan fingerprint density at radius 2 is 1.29 bits per heavy atom. The van der Waals surface area contributed by atoms with Gasteiger partial charge in [-0.1, -0.05) is 13.0 Å². The van der Waals surface area contributed by atoms with Crippen LogP contribution >= 0.6 is 0 Å². The van der Waals surface area contributed by atoms with Crippen molar-refractivity contribution >= 4 is 24.2 Å². The van der Waals surface area contributed by atoms with Gasteiger partial charge >= 0.3 is 24.2 Å². The molecule has 0 saturated heterocycles. The van der Waals surface area contributed by atoms with Gasteiger partial charge in [0.1, 0.15) is 18.2 Å². The highest BCUT2D eigenvalue weighted by Crippen LogP contribution is 2.30. The molecule has 0 radical (unpaired) electrons. The first-order valence-electron chi connectivity index (χ1n) is 12.6. The summed E-state index contributed by atoms with van der Waals surface area (Å²) in [5.74, 6) is -1.31. The van der Waals surface area contributed by atoms with Crippen molar-refractivity contribution in [2.45, 2.75) is 106 Å². The average Bonchev–Trinajstić information content (AvgIpc) is 2.79. The molecule has 0 heterocycles. The SMILES string of the molecule is CCC(C)(C)C(=O)O[C@@H](C)[C@H](C)OC(=O)[C@@H](N)Cc1ccc(OC(=O)OC(C)C)c(OC(=O)OC(C)C)c1. The molecule has 3 atom stereocenters. The van der Waals surface area contributed by atoms with Gasteiger partial charge < -0.3 is 34.2 Å². The molecule has 38 heavy (non-hydrogen) atoms. The number of hydrogen-bond acceptors (Lipinski definition) is 11. The second-order valence-corrected chi connectivity index (χ2v) is 10.1. The lowest BCUT2D eigenvalue weighted by Crippen LogP contribution is -2.40. The van der Waals surface area contributed by atoms with E-state index in [1.54, 1.807) is 61.5 Å². The van der Waals surface area contributed by atoms with Crippen LogP contribution in [0.5, 0.6) is 11.5 Å². The fourth-order valence-electron chi connectivity index (χ4n) is 2.73. The second-order valence-electron chi connectivity index (χ2n) is 10.1. The van der Waals surface area contributed by atoms with Gasteiger partial charge in [0.05, 0.1) is 17.6 Å². The van der Waals surface area contributed by atoms with Crippen molar-refractivity contribution < 1.29 is 47.6 Å². The molecule has 0 aliphatic heterocycles. The summed E-state index contributed by atoms with van der Waals surface area (Å²) in [4.78, 5) is 49.0. The van der Waals surface area contributed by atoms with Crippen LogP contribution in [0.4, 0.5) is 9.59 Å². The molecule has 0 unspecified atom stereocenters. The van der Waals surface area contributed by atoms with E-state index in [9.17, 15) is 19.2 Å². The Bertz CT molecular complexity index is 973. The number of carbonyl (C=O) groups is 4. The average molecular weight is 540 g/mol. The molecule has 0 spiro atoms. The minimum atomic E-state index is -1.08. The monoisotopic (exact) mass is 539 g/mol. The Labute approximate surface area is 224 Å². The minimum absolute atomic E-state index is 0.00883. The van der Waals surface area contributed by atoms with Crippen LogP contribution in [-0.4, -0.2) is 54.7 Å². The summed E-state index contributed by atoms with van der Waals surface area (Å²) in [6.45, 7) is 15.3. The number of carbonyl (C=O) groups excluding carboxylic acids is 4. The van der Waals surface area contributed by atoms with E-state index < -0.39 is 54.2 Å². The molecular formula is C27H41NO10. The topological polar surface area (TPSA) is 150 Å². The lowest BCUT2D eigenvalue weighted by Gasteiger charge is -2.27.